The van der Waals surface area contributed by atoms with E-state index in [1.807, 2.05) is 7.05 Å². The first-order chi connectivity index (χ1) is 8.54. The number of rotatable bonds is 5. The van der Waals surface area contributed by atoms with Crippen molar-refractivity contribution in [2.75, 3.05) is 33.3 Å². The quantitative estimate of drug-likeness (QED) is 0.651. The van der Waals surface area contributed by atoms with E-state index in [1.54, 1.807) is 4.90 Å². The fourth-order valence-electron chi connectivity index (χ4n) is 2.13. The molecule has 0 saturated carbocycles. The van der Waals surface area contributed by atoms with Gasteiger partial charge in [0.05, 0.1) is 6.61 Å². The van der Waals surface area contributed by atoms with Crippen LogP contribution in [0.2, 0.25) is 0 Å². The molecule has 2 N–H and O–H groups in total. The Kier molecular flexibility index (Phi) is 5.80. The zero-order valence-corrected chi connectivity index (χ0v) is 10.6. The van der Waals surface area contributed by atoms with Gasteiger partial charge < -0.3 is 20.0 Å². The summed E-state index contributed by atoms with van der Waals surface area (Å²) in [5.41, 5.74) is 0. The molecule has 1 aliphatic rings. The summed E-state index contributed by atoms with van der Waals surface area (Å²) in [5, 5.41) is 17.5. The molecule has 1 amide bonds. The Bertz CT molecular complexity index is 322. The Morgan fingerprint density at radius 2 is 1.94 bits per heavy atom. The van der Waals surface area contributed by atoms with Crippen LogP contribution < -0.4 is 0 Å². The lowest BCUT2D eigenvalue weighted by molar-refractivity contribution is -0.133. The Labute approximate surface area is 106 Å². The van der Waals surface area contributed by atoms with Crippen molar-refractivity contribution in [3.05, 3.63) is 12.2 Å². The van der Waals surface area contributed by atoms with Crippen molar-refractivity contribution in [3.8, 4) is 0 Å². The van der Waals surface area contributed by atoms with Crippen molar-refractivity contribution in [1.82, 2.24) is 9.80 Å². The molecule has 0 aliphatic carbocycles. The summed E-state index contributed by atoms with van der Waals surface area (Å²) >= 11 is 0. The number of piperidine rings is 1. The largest absolute Gasteiger partial charge is 0.478 e. The van der Waals surface area contributed by atoms with Gasteiger partial charge in [-0.25, -0.2) is 4.79 Å². The van der Waals surface area contributed by atoms with Gasteiger partial charge in [-0.05, 0) is 33.0 Å². The van der Waals surface area contributed by atoms with Crippen LogP contribution in [0.4, 0.5) is 0 Å². The molecule has 0 aromatic rings. The number of carboxylic acid groups (broad SMARTS) is 1. The van der Waals surface area contributed by atoms with Gasteiger partial charge in [0.2, 0.25) is 5.91 Å². The lowest BCUT2D eigenvalue weighted by atomic mass is 10.0. The molecule has 1 saturated heterocycles. The molecule has 0 atom stereocenters. The highest BCUT2D eigenvalue weighted by molar-refractivity contribution is 5.94. The topological polar surface area (TPSA) is 81.1 Å². The van der Waals surface area contributed by atoms with E-state index in [0.29, 0.717) is 0 Å². The zero-order chi connectivity index (χ0) is 13.5. The van der Waals surface area contributed by atoms with Crippen LogP contribution in [0.5, 0.6) is 0 Å². The number of hydrogen-bond donors (Lipinski definition) is 2. The van der Waals surface area contributed by atoms with Crippen molar-refractivity contribution in [3.63, 3.8) is 0 Å². The second kappa shape index (κ2) is 7.13. The second-order valence-electron chi connectivity index (χ2n) is 4.46. The fraction of sp³-hybridized carbons (Fsp3) is 0.667. The van der Waals surface area contributed by atoms with E-state index in [1.165, 1.54) is 0 Å². The van der Waals surface area contributed by atoms with Gasteiger partial charge in [-0.3, -0.25) is 4.79 Å². The molecule has 1 aliphatic heterocycles. The van der Waals surface area contributed by atoms with Gasteiger partial charge in [-0.1, -0.05) is 0 Å². The Balaban J connectivity index is 2.63. The molecule has 18 heavy (non-hydrogen) atoms. The molecule has 0 radical (unpaired) electrons. The van der Waals surface area contributed by atoms with Crippen molar-refractivity contribution in [2.24, 2.45) is 0 Å². The van der Waals surface area contributed by atoms with Crippen molar-refractivity contribution >= 4 is 11.9 Å². The number of carbonyl (C=O) groups is 2. The average Bonchev–Trinajstić information content (AvgIpc) is 2.34. The Hall–Kier alpha value is -1.40. The maximum atomic E-state index is 11.9. The van der Waals surface area contributed by atoms with E-state index in [2.05, 4.69) is 4.90 Å². The number of aliphatic hydroxyl groups is 1. The first-order valence-corrected chi connectivity index (χ1v) is 6.05. The summed E-state index contributed by atoms with van der Waals surface area (Å²) in [6.45, 7) is 1.95. The Morgan fingerprint density at radius 3 is 2.44 bits per heavy atom. The number of carboxylic acids is 1. The third kappa shape index (κ3) is 4.46. The molecular weight excluding hydrogens is 236 g/mol. The Morgan fingerprint density at radius 1 is 1.33 bits per heavy atom. The minimum atomic E-state index is -1.14. The van der Waals surface area contributed by atoms with Crippen molar-refractivity contribution < 1.29 is 19.8 Å². The lowest BCUT2D eigenvalue weighted by Crippen LogP contribution is -2.47. The highest BCUT2D eigenvalue weighted by atomic mass is 16.4. The van der Waals surface area contributed by atoms with Gasteiger partial charge in [0.1, 0.15) is 0 Å². The van der Waals surface area contributed by atoms with Gasteiger partial charge >= 0.3 is 5.97 Å². The predicted molar refractivity (Wildman–Crippen MR) is 66.1 cm³/mol. The SMILES string of the molecule is CN1CCC(N(CCO)C(=O)/C=C/C(=O)O)CC1. The van der Waals surface area contributed by atoms with E-state index in [9.17, 15) is 9.59 Å². The van der Waals surface area contributed by atoms with Crippen molar-refractivity contribution in [2.45, 2.75) is 18.9 Å². The van der Waals surface area contributed by atoms with Gasteiger partial charge in [-0.2, -0.15) is 0 Å². The molecule has 0 spiro atoms. The van der Waals surface area contributed by atoms with Crippen LogP contribution in [-0.2, 0) is 9.59 Å². The third-order valence-electron chi connectivity index (χ3n) is 3.12. The number of carbonyl (C=O) groups excluding carboxylic acids is 1. The minimum absolute atomic E-state index is 0.0827. The standard InChI is InChI=1S/C12H20N2O4/c1-13-6-4-10(5-7-13)14(8-9-15)11(16)2-3-12(17)18/h2-3,10,15H,4-9H2,1H3,(H,17,18)/b3-2+. The molecular formula is C12H20N2O4. The van der Waals surface area contributed by atoms with E-state index in [0.717, 1.165) is 38.1 Å². The molecule has 0 aromatic carbocycles. The van der Waals surface area contributed by atoms with Crippen LogP contribution in [0, 0.1) is 0 Å². The molecule has 6 heteroatoms. The predicted octanol–water partition coefficient (Wildman–Crippen LogP) is -0.458. The summed E-state index contributed by atoms with van der Waals surface area (Å²) in [4.78, 5) is 26.0. The molecule has 0 aromatic heterocycles. The van der Waals surface area contributed by atoms with Crippen molar-refractivity contribution in [1.29, 1.82) is 0 Å². The maximum Gasteiger partial charge on any atom is 0.328 e. The normalized spacial score (nSPS) is 18.1. The first-order valence-electron chi connectivity index (χ1n) is 6.05. The van der Waals surface area contributed by atoms with E-state index in [-0.39, 0.29) is 25.1 Å². The highest BCUT2D eigenvalue weighted by Crippen LogP contribution is 2.15. The van der Waals surface area contributed by atoms with Gasteiger partial charge in [-0.15, -0.1) is 0 Å². The molecule has 0 unspecified atom stereocenters. The number of aliphatic hydroxyl groups excluding tert-OH is 1. The number of aliphatic carboxylic acids is 1. The van der Waals surface area contributed by atoms with Crippen LogP contribution in [0.25, 0.3) is 0 Å². The molecule has 1 rings (SSSR count). The third-order valence-corrected chi connectivity index (χ3v) is 3.12. The van der Waals surface area contributed by atoms with Crippen LogP contribution in [-0.4, -0.2) is 71.2 Å². The minimum Gasteiger partial charge on any atom is -0.478 e. The number of nitrogens with zero attached hydrogens (tertiary/aromatic N) is 2. The van der Waals surface area contributed by atoms with E-state index in [4.69, 9.17) is 10.2 Å². The highest BCUT2D eigenvalue weighted by Gasteiger charge is 2.25. The molecule has 6 nitrogen and oxygen atoms in total. The first kappa shape index (κ1) is 14.7. The van der Waals surface area contributed by atoms with Crippen LogP contribution in [0.1, 0.15) is 12.8 Å². The van der Waals surface area contributed by atoms with E-state index >= 15 is 0 Å². The molecule has 1 fully saturated rings. The monoisotopic (exact) mass is 256 g/mol. The number of amides is 1. The maximum absolute atomic E-state index is 11.9. The zero-order valence-electron chi connectivity index (χ0n) is 10.6. The van der Waals surface area contributed by atoms with Gasteiger partial charge in [0.15, 0.2) is 0 Å². The summed E-state index contributed by atoms with van der Waals surface area (Å²) < 4.78 is 0. The second-order valence-corrected chi connectivity index (χ2v) is 4.46. The molecule has 0 bridgehead atoms. The summed E-state index contributed by atoms with van der Waals surface area (Å²) in [6.07, 6.45) is 3.59. The lowest BCUT2D eigenvalue weighted by Gasteiger charge is -2.36. The summed E-state index contributed by atoms with van der Waals surface area (Å²) in [7, 11) is 2.03. The van der Waals surface area contributed by atoms with Crippen LogP contribution in [0.15, 0.2) is 12.2 Å². The number of hydrogen-bond acceptors (Lipinski definition) is 4. The average molecular weight is 256 g/mol. The van der Waals surface area contributed by atoms with Crippen LogP contribution in [0.3, 0.4) is 0 Å². The molecule has 102 valence electrons. The van der Waals surface area contributed by atoms with Crippen LogP contribution >= 0.6 is 0 Å². The van der Waals surface area contributed by atoms with E-state index < -0.39 is 5.97 Å². The fourth-order valence-corrected chi connectivity index (χ4v) is 2.13. The van der Waals surface area contributed by atoms with Gasteiger partial charge in [0.25, 0.3) is 0 Å². The summed E-state index contributed by atoms with van der Waals surface area (Å²) in [5.74, 6) is -1.49. The molecule has 1 heterocycles. The smallest absolute Gasteiger partial charge is 0.328 e. The summed E-state index contributed by atoms with van der Waals surface area (Å²) in [6, 6.07) is 0.0827. The number of likely N-dealkylation sites (tertiary alicyclic amines) is 1. The van der Waals surface area contributed by atoms with Gasteiger partial charge in [0, 0.05) is 24.7 Å².